The van der Waals surface area contributed by atoms with Gasteiger partial charge in [0.2, 0.25) is 0 Å². The van der Waals surface area contributed by atoms with Crippen LogP contribution in [0.2, 0.25) is 0 Å². The summed E-state index contributed by atoms with van der Waals surface area (Å²) < 4.78 is 25.1. The van der Waals surface area contributed by atoms with Gasteiger partial charge in [-0.15, -0.1) is 0 Å². The lowest BCUT2D eigenvalue weighted by atomic mass is 9.94. The maximum Gasteiger partial charge on any atom is 0.410 e. The van der Waals surface area contributed by atoms with Gasteiger partial charge in [0.1, 0.15) is 18.2 Å². The lowest BCUT2D eigenvalue weighted by Crippen LogP contribution is -2.43. The molecule has 4 nitrogen and oxygen atoms in total. The summed E-state index contributed by atoms with van der Waals surface area (Å²) in [5.41, 5.74) is 2.80. The number of rotatable bonds is 5. The molecule has 4 rings (SSSR count). The molecule has 2 unspecified atom stereocenters. The number of carbonyl (C=O) groups is 1. The van der Waals surface area contributed by atoms with Crippen LogP contribution in [0.3, 0.4) is 0 Å². The minimum Gasteiger partial charge on any atom is -0.493 e. The second-order valence-corrected chi connectivity index (χ2v) is 7.22. The summed E-state index contributed by atoms with van der Waals surface area (Å²) in [4.78, 5) is 14.5. The summed E-state index contributed by atoms with van der Waals surface area (Å²) in [6, 6.07) is 14.4. The third-order valence-electron chi connectivity index (χ3n) is 5.40. The Labute approximate surface area is 164 Å². The van der Waals surface area contributed by atoms with Crippen molar-refractivity contribution in [3.05, 3.63) is 71.6 Å². The highest BCUT2D eigenvalue weighted by Gasteiger charge is 2.41. The molecule has 1 amide bonds. The van der Waals surface area contributed by atoms with E-state index in [2.05, 4.69) is 6.08 Å². The molecule has 2 heterocycles. The molecule has 2 aromatic carbocycles. The van der Waals surface area contributed by atoms with Crippen LogP contribution in [0.15, 0.2) is 54.6 Å². The Balaban J connectivity index is 1.51. The van der Waals surface area contributed by atoms with Crippen LogP contribution in [-0.2, 0) is 11.3 Å². The number of benzene rings is 2. The largest absolute Gasteiger partial charge is 0.493 e. The Kier molecular flexibility index (Phi) is 5.33. The number of hydrogen-bond donors (Lipinski definition) is 0. The average molecular weight is 381 g/mol. The van der Waals surface area contributed by atoms with Crippen molar-refractivity contribution in [3.8, 4) is 5.75 Å². The van der Waals surface area contributed by atoms with Gasteiger partial charge in [-0.1, -0.05) is 36.4 Å². The Morgan fingerprint density at radius 1 is 1.18 bits per heavy atom. The van der Waals surface area contributed by atoms with Crippen LogP contribution in [0.25, 0.3) is 5.57 Å². The Bertz CT molecular complexity index is 881. The minimum atomic E-state index is -0.282. The minimum absolute atomic E-state index is 0.0187. The molecule has 0 N–H and O–H groups in total. The van der Waals surface area contributed by atoms with Crippen molar-refractivity contribution in [2.75, 3.05) is 6.61 Å². The molecule has 28 heavy (non-hydrogen) atoms. The highest BCUT2D eigenvalue weighted by atomic mass is 19.1. The zero-order valence-electron chi connectivity index (χ0n) is 15.9. The monoisotopic (exact) mass is 381 g/mol. The van der Waals surface area contributed by atoms with Gasteiger partial charge in [0.05, 0.1) is 12.6 Å². The van der Waals surface area contributed by atoms with Gasteiger partial charge in [-0.05, 0) is 55.5 Å². The van der Waals surface area contributed by atoms with Crippen LogP contribution in [0, 0.1) is 5.82 Å². The number of ether oxygens (including phenoxy) is 2. The molecular formula is C23H24FNO3. The smallest absolute Gasteiger partial charge is 0.410 e. The van der Waals surface area contributed by atoms with E-state index in [1.807, 2.05) is 42.2 Å². The van der Waals surface area contributed by atoms with E-state index >= 15 is 0 Å². The summed E-state index contributed by atoms with van der Waals surface area (Å²) in [5.74, 6) is 0.408. The fraction of sp³-hybridized carbons (Fsp3) is 0.348. The first-order valence-electron chi connectivity index (χ1n) is 9.78. The van der Waals surface area contributed by atoms with E-state index in [1.165, 1.54) is 12.1 Å². The lowest BCUT2D eigenvalue weighted by Gasteiger charge is -2.33. The van der Waals surface area contributed by atoms with Crippen molar-refractivity contribution < 1.29 is 18.7 Å². The number of carbonyl (C=O) groups excluding carboxylic acids is 1. The molecule has 2 aromatic rings. The maximum atomic E-state index is 13.9. The topological polar surface area (TPSA) is 38.8 Å². The van der Waals surface area contributed by atoms with E-state index in [9.17, 15) is 9.18 Å². The molecule has 2 bridgehead atoms. The molecule has 0 aliphatic carbocycles. The molecule has 2 atom stereocenters. The van der Waals surface area contributed by atoms with Gasteiger partial charge in [-0.25, -0.2) is 9.18 Å². The van der Waals surface area contributed by atoms with Gasteiger partial charge in [0.15, 0.2) is 0 Å². The van der Waals surface area contributed by atoms with Crippen LogP contribution in [-0.4, -0.2) is 29.7 Å². The third-order valence-corrected chi connectivity index (χ3v) is 5.40. The number of fused-ring (bicyclic) bond motifs is 2. The first-order chi connectivity index (χ1) is 13.7. The summed E-state index contributed by atoms with van der Waals surface area (Å²) in [6.45, 7) is 2.71. The predicted octanol–water partition coefficient (Wildman–Crippen LogP) is 5.18. The SMILES string of the molecule is CCOc1ccc(F)cc1C1=CC2CCC(C1)N2C(=O)OCc1ccccc1. The molecule has 2 aliphatic heterocycles. The van der Waals surface area contributed by atoms with Crippen molar-refractivity contribution in [3.63, 3.8) is 0 Å². The first kappa shape index (κ1) is 18.5. The van der Waals surface area contributed by atoms with Gasteiger partial charge < -0.3 is 9.47 Å². The molecule has 0 spiro atoms. The highest BCUT2D eigenvalue weighted by Crippen LogP contribution is 2.41. The molecule has 0 saturated carbocycles. The zero-order chi connectivity index (χ0) is 19.5. The highest BCUT2D eigenvalue weighted by molar-refractivity contribution is 5.77. The molecule has 0 radical (unpaired) electrons. The van der Waals surface area contributed by atoms with Crippen LogP contribution in [0.1, 0.15) is 37.3 Å². The van der Waals surface area contributed by atoms with Gasteiger partial charge in [0.25, 0.3) is 0 Å². The maximum absolute atomic E-state index is 13.9. The van der Waals surface area contributed by atoms with Crippen LogP contribution >= 0.6 is 0 Å². The predicted molar refractivity (Wildman–Crippen MR) is 105 cm³/mol. The standard InChI is InChI=1S/C23H24FNO3/c1-2-27-22-11-8-18(24)14-21(22)17-12-19-9-10-20(13-17)25(19)23(26)28-15-16-6-4-3-5-7-16/h3-8,11-12,14,19-20H,2,9-10,13,15H2,1H3. The molecule has 5 heteroatoms. The van der Waals surface area contributed by atoms with Gasteiger partial charge in [-0.2, -0.15) is 0 Å². The summed E-state index contributed by atoms with van der Waals surface area (Å²) in [7, 11) is 0. The Morgan fingerprint density at radius 3 is 2.75 bits per heavy atom. The molecule has 146 valence electrons. The summed E-state index contributed by atoms with van der Waals surface area (Å²) in [6.07, 6.45) is 4.29. The summed E-state index contributed by atoms with van der Waals surface area (Å²) in [5, 5.41) is 0. The number of nitrogens with zero attached hydrogens (tertiary/aromatic N) is 1. The molecule has 1 fully saturated rings. The molecular weight excluding hydrogens is 357 g/mol. The van der Waals surface area contributed by atoms with Crippen LogP contribution < -0.4 is 4.74 Å². The van der Waals surface area contributed by atoms with Crippen molar-refractivity contribution in [2.24, 2.45) is 0 Å². The van der Waals surface area contributed by atoms with E-state index in [4.69, 9.17) is 9.47 Å². The molecule has 2 aliphatic rings. The van der Waals surface area contributed by atoms with E-state index in [0.29, 0.717) is 18.8 Å². The molecule has 0 aromatic heterocycles. The number of halogens is 1. The van der Waals surface area contributed by atoms with E-state index < -0.39 is 0 Å². The van der Waals surface area contributed by atoms with E-state index in [1.54, 1.807) is 6.07 Å². The second kappa shape index (κ2) is 8.05. The third kappa shape index (κ3) is 3.75. The van der Waals surface area contributed by atoms with Crippen molar-refractivity contribution in [2.45, 2.75) is 44.9 Å². The Morgan fingerprint density at radius 2 is 2.00 bits per heavy atom. The summed E-state index contributed by atoms with van der Waals surface area (Å²) >= 11 is 0. The van der Waals surface area contributed by atoms with Gasteiger partial charge >= 0.3 is 6.09 Å². The lowest BCUT2D eigenvalue weighted by molar-refractivity contribution is 0.0832. The van der Waals surface area contributed by atoms with Crippen molar-refractivity contribution >= 4 is 11.7 Å². The average Bonchev–Trinajstić information content (AvgIpc) is 2.98. The zero-order valence-corrected chi connectivity index (χ0v) is 15.9. The van der Waals surface area contributed by atoms with E-state index in [0.717, 1.165) is 29.5 Å². The number of hydrogen-bond acceptors (Lipinski definition) is 3. The quantitative estimate of drug-likeness (QED) is 0.716. The van der Waals surface area contributed by atoms with Gasteiger partial charge in [-0.3, -0.25) is 4.90 Å². The van der Waals surface area contributed by atoms with Crippen LogP contribution in [0.5, 0.6) is 5.75 Å². The van der Waals surface area contributed by atoms with Gasteiger partial charge in [0, 0.05) is 11.6 Å². The van der Waals surface area contributed by atoms with Crippen molar-refractivity contribution in [1.82, 2.24) is 4.90 Å². The fourth-order valence-corrected chi connectivity index (χ4v) is 4.14. The Hall–Kier alpha value is -2.82. The normalized spacial score (nSPS) is 20.6. The molecule has 1 saturated heterocycles. The van der Waals surface area contributed by atoms with E-state index in [-0.39, 0.29) is 30.6 Å². The first-order valence-corrected chi connectivity index (χ1v) is 9.78. The van der Waals surface area contributed by atoms with Crippen molar-refractivity contribution in [1.29, 1.82) is 0 Å². The van der Waals surface area contributed by atoms with Crippen LogP contribution in [0.4, 0.5) is 9.18 Å². The number of amides is 1. The fourth-order valence-electron chi connectivity index (χ4n) is 4.14. The second-order valence-electron chi connectivity index (χ2n) is 7.22.